The SMILES string of the molecule is NC(=O)c1ccc(COC(=O)c2cc([N+](=O)[O-])ccc2N2CCOCC2)c([N+](=O)[O-])c1. The van der Waals surface area contributed by atoms with Crippen LogP contribution in [0.4, 0.5) is 17.1 Å². The van der Waals surface area contributed by atoms with Crippen LogP contribution in [0.1, 0.15) is 26.3 Å². The third-order valence-electron chi connectivity index (χ3n) is 4.69. The number of carbonyl (C=O) groups is 2. The summed E-state index contributed by atoms with van der Waals surface area (Å²) >= 11 is 0. The van der Waals surface area contributed by atoms with Crippen LogP contribution in [-0.2, 0) is 16.1 Å². The van der Waals surface area contributed by atoms with Crippen molar-refractivity contribution in [1.82, 2.24) is 0 Å². The lowest BCUT2D eigenvalue weighted by molar-refractivity contribution is -0.385. The average molecular weight is 430 g/mol. The number of carbonyl (C=O) groups excluding carboxylic acids is 2. The fourth-order valence-corrected chi connectivity index (χ4v) is 3.11. The van der Waals surface area contributed by atoms with Crippen LogP contribution in [0.2, 0.25) is 0 Å². The van der Waals surface area contributed by atoms with Gasteiger partial charge in [-0.05, 0) is 18.2 Å². The summed E-state index contributed by atoms with van der Waals surface area (Å²) in [4.78, 5) is 47.0. The molecule has 2 aromatic rings. The Hall–Kier alpha value is -4.06. The van der Waals surface area contributed by atoms with Crippen molar-refractivity contribution in [3.05, 3.63) is 73.3 Å². The Morgan fingerprint density at radius 2 is 1.77 bits per heavy atom. The lowest BCUT2D eigenvalue weighted by Crippen LogP contribution is -2.37. The number of nitrogens with zero attached hydrogens (tertiary/aromatic N) is 3. The van der Waals surface area contributed by atoms with Crippen LogP contribution in [0, 0.1) is 20.2 Å². The highest BCUT2D eigenvalue weighted by Gasteiger charge is 2.24. The van der Waals surface area contributed by atoms with Gasteiger partial charge in [0.1, 0.15) is 6.61 Å². The van der Waals surface area contributed by atoms with Crippen LogP contribution in [0.5, 0.6) is 0 Å². The number of hydrogen-bond acceptors (Lipinski definition) is 9. The van der Waals surface area contributed by atoms with Gasteiger partial charge in [-0.1, -0.05) is 0 Å². The Balaban J connectivity index is 1.87. The monoisotopic (exact) mass is 430 g/mol. The maximum absolute atomic E-state index is 12.8. The van der Waals surface area contributed by atoms with Gasteiger partial charge in [0.25, 0.3) is 11.4 Å². The standard InChI is InChI=1S/C19H18N4O8/c20-18(24)12-1-2-13(17(9-12)23(28)29)11-31-19(25)15-10-14(22(26)27)3-4-16(15)21-5-7-30-8-6-21/h1-4,9-10H,5-8,11H2,(H2,20,24). The number of anilines is 1. The van der Waals surface area contributed by atoms with Gasteiger partial charge in [0.05, 0.1) is 39.9 Å². The van der Waals surface area contributed by atoms with Crippen molar-refractivity contribution in [1.29, 1.82) is 0 Å². The van der Waals surface area contributed by atoms with E-state index < -0.39 is 34.0 Å². The fourth-order valence-electron chi connectivity index (χ4n) is 3.11. The van der Waals surface area contributed by atoms with Gasteiger partial charge < -0.3 is 20.1 Å². The second-order valence-corrected chi connectivity index (χ2v) is 6.60. The molecule has 31 heavy (non-hydrogen) atoms. The first kappa shape index (κ1) is 21.6. The number of nitro groups is 2. The minimum Gasteiger partial charge on any atom is -0.457 e. The molecule has 1 amide bonds. The van der Waals surface area contributed by atoms with Gasteiger partial charge >= 0.3 is 5.97 Å². The largest absolute Gasteiger partial charge is 0.457 e. The minimum atomic E-state index is -0.876. The first-order valence-electron chi connectivity index (χ1n) is 9.13. The second kappa shape index (κ2) is 9.17. The van der Waals surface area contributed by atoms with Crippen LogP contribution in [-0.4, -0.2) is 48.0 Å². The molecule has 1 aliphatic heterocycles. The first-order valence-corrected chi connectivity index (χ1v) is 9.13. The van der Waals surface area contributed by atoms with Gasteiger partial charge in [0.15, 0.2) is 0 Å². The zero-order valence-corrected chi connectivity index (χ0v) is 16.2. The van der Waals surface area contributed by atoms with Gasteiger partial charge in [-0.25, -0.2) is 4.79 Å². The summed E-state index contributed by atoms with van der Waals surface area (Å²) in [5, 5.41) is 22.5. The maximum Gasteiger partial charge on any atom is 0.340 e. The number of rotatable bonds is 7. The topological polar surface area (TPSA) is 168 Å². The normalized spacial score (nSPS) is 13.5. The molecular weight excluding hydrogens is 412 g/mol. The third kappa shape index (κ3) is 4.93. The predicted molar refractivity (Wildman–Crippen MR) is 107 cm³/mol. The van der Waals surface area contributed by atoms with Crippen LogP contribution in [0.15, 0.2) is 36.4 Å². The van der Waals surface area contributed by atoms with E-state index in [0.717, 1.165) is 12.1 Å². The van der Waals surface area contributed by atoms with E-state index in [1.165, 1.54) is 24.3 Å². The molecule has 2 N–H and O–H groups in total. The smallest absolute Gasteiger partial charge is 0.340 e. The van der Waals surface area contributed by atoms with Crippen LogP contribution >= 0.6 is 0 Å². The van der Waals surface area contributed by atoms with Crippen LogP contribution < -0.4 is 10.6 Å². The van der Waals surface area contributed by atoms with Crippen molar-refractivity contribution >= 4 is 28.9 Å². The van der Waals surface area contributed by atoms with Gasteiger partial charge in [-0.15, -0.1) is 0 Å². The molecule has 12 nitrogen and oxygen atoms in total. The molecule has 0 atom stereocenters. The summed E-state index contributed by atoms with van der Waals surface area (Å²) in [7, 11) is 0. The highest BCUT2D eigenvalue weighted by atomic mass is 16.6. The molecule has 12 heteroatoms. The summed E-state index contributed by atoms with van der Waals surface area (Å²) in [6, 6.07) is 7.40. The van der Waals surface area contributed by atoms with Crippen LogP contribution in [0.25, 0.3) is 0 Å². The number of nitro benzene ring substituents is 2. The molecule has 1 saturated heterocycles. The van der Waals surface area contributed by atoms with Crippen molar-refractivity contribution in [3.63, 3.8) is 0 Å². The molecule has 3 rings (SSSR count). The molecule has 0 saturated carbocycles. The van der Waals surface area contributed by atoms with E-state index in [4.69, 9.17) is 15.2 Å². The number of non-ortho nitro benzene ring substituents is 1. The van der Waals surface area contributed by atoms with Crippen molar-refractivity contribution in [2.45, 2.75) is 6.61 Å². The van der Waals surface area contributed by atoms with Crippen molar-refractivity contribution < 1.29 is 28.9 Å². The lowest BCUT2D eigenvalue weighted by Gasteiger charge is -2.30. The van der Waals surface area contributed by atoms with E-state index in [-0.39, 0.29) is 22.4 Å². The molecular formula is C19H18N4O8. The lowest BCUT2D eigenvalue weighted by atomic mass is 10.1. The number of ether oxygens (including phenoxy) is 2. The molecule has 1 fully saturated rings. The second-order valence-electron chi connectivity index (χ2n) is 6.60. The quantitative estimate of drug-likeness (QED) is 0.391. The molecule has 2 aromatic carbocycles. The fraction of sp³-hybridized carbons (Fsp3) is 0.263. The zero-order valence-electron chi connectivity index (χ0n) is 16.2. The molecule has 0 bridgehead atoms. The van der Waals surface area contributed by atoms with E-state index >= 15 is 0 Å². The van der Waals surface area contributed by atoms with E-state index in [2.05, 4.69) is 0 Å². The summed E-state index contributed by atoms with van der Waals surface area (Å²) in [5.74, 6) is -1.71. The van der Waals surface area contributed by atoms with E-state index in [1.807, 2.05) is 4.90 Å². The molecule has 0 aromatic heterocycles. The third-order valence-corrected chi connectivity index (χ3v) is 4.69. The highest BCUT2D eigenvalue weighted by molar-refractivity contribution is 5.97. The minimum absolute atomic E-state index is 0.0347. The molecule has 0 spiro atoms. The Labute approximate surface area is 175 Å². The Morgan fingerprint density at radius 3 is 2.39 bits per heavy atom. The number of amides is 1. The predicted octanol–water partition coefficient (Wildman–Crippen LogP) is 1.80. The van der Waals surface area contributed by atoms with E-state index in [9.17, 15) is 29.8 Å². The van der Waals surface area contributed by atoms with Gasteiger partial charge in [-0.3, -0.25) is 25.0 Å². The van der Waals surface area contributed by atoms with E-state index in [0.29, 0.717) is 32.0 Å². The summed E-state index contributed by atoms with van der Waals surface area (Å²) < 4.78 is 10.5. The first-order chi connectivity index (χ1) is 14.8. The average Bonchev–Trinajstić information content (AvgIpc) is 2.77. The van der Waals surface area contributed by atoms with Gasteiger partial charge in [0.2, 0.25) is 5.91 Å². The Bertz CT molecular complexity index is 1050. The Kier molecular flexibility index (Phi) is 6.40. The van der Waals surface area contributed by atoms with E-state index in [1.54, 1.807) is 0 Å². The maximum atomic E-state index is 12.8. The number of hydrogen-bond donors (Lipinski definition) is 1. The molecule has 0 unspecified atom stereocenters. The number of nitrogens with two attached hydrogens (primary N) is 1. The zero-order chi connectivity index (χ0) is 22.5. The summed E-state index contributed by atoms with van der Waals surface area (Å²) in [5.41, 5.74) is 4.81. The number of benzene rings is 2. The van der Waals surface area contributed by atoms with Crippen LogP contribution in [0.3, 0.4) is 0 Å². The molecule has 1 heterocycles. The molecule has 0 aliphatic carbocycles. The van der Waals surface area contributed by atoms with Gasteiger partial charge in [-0.2, -0.15) is 0 Å². The number of esters is 1. The highest BCUT2D eigenvalue weighted by Crippen LogP contribution is 2.28. The van der Waals surface area contributed by atoms with Gasteiger partial charge in [0, 0.05) is 36.9 Å². The summed E-state index contributed by atoms with van der Waals surface area (Å²) in [6.45, 7) is 1.36. The summed E-state index contributed by atoms with van der Waals surface area (Å²) in [6.07, 6.45) is 0. The molecule has 1 aliphatic rings. The van der Waals surface area contributed by atoms with Crippen molar-refractivity contribution in [3.8, 4) is 0 Å². The number of morpholine rings is 1. The molecule has 0 radical (unpaired) electrons. The van der Waals surface area contributed by atoms with Crippen molar-refractivity contribution in [2.75, 3.05) is 31.2 Å². The van der Waals surface area contributed by atoms with Crippen molar-refractivity contribution in [2.24, 2.45) is 5.73 Å². The Morgan fingerprint density at radius 1 is 1.06 bits per heavy atom. The number of primary amides is 1. The molecule has 162 valence electrons.